The number of ether oxygens (including phenoxy) is 1. The van der Waals surface area contributed by atoms with E-state index < -0.39 is 0 Å². The quantitative estimate of drug-likeness (QED) is 0.787. The van der Waals surface area contributed by atoms with Crippen LogP contribution in [-0.4, -0.2) is 17.6 Å². The van der Waals surface area contributed by atoms with Crippen LogP contribution in [0, 0.1) is 5.92 Å². The van der Waals surface area contributed by atoms with E-state index in [0.717, 1.165) is 24.9 Å². The molecule has 1 aromatic rings. The van der Waals surface area contributed by atoms with Gasteiger partial charge in [0.25, 0.3) is 0 Å². The Kier molecular flexibility index (Phi) is 4.37. The molecule has 17 heavy (non-hydrogen) atoms. The third kappa shape index (κ3) is 4.73. The molecule has 0 amide bonds. The minimum atomic E-state index is 0.502. The molecule has 1 N–H and O–H groups in total. The van der Waals surface area contributed by atoms with E-state index in [0.29, 0.717) is 6.04 Å². The van der Waals surface area contributed by atoms with Gasteiger partial charge in [0.2, 0.25) is 5.88 Å². The van der Waals surface area contributed by atoms with Gasteiger partial charge in [-0.3, -0.25) is 0 Å². The Morgan fingerprint density at radius 3 is 3.00 bits per heavy atom. The summed E-state index contributed by atoms with van der Waals surface area (Å²) in [5.41, 5.74) is 1.23. The zero-order valence-corrected chi connectivity index (χ0v) is 10.8. The van der Waals surface area contributed by atoms with E-state index in [1.807, 2.05) is 18.3 Å². The maximum Gasteiger partial charge on any atom is 0.213 e. The summed E-state index contributed by atoms with van der Waals surface area (Å²) in [6.07, 6.45) is 5.77. The van der Waals surface area contributed by atoms with Crippen molar-refractivity contribution < 1.29 is 4.74 Å². The van der Waals surface area contributed by atoms with Gasteiger partial charge in [0.1, 0.15) is 0 Å². The normalized spacial score (nSPS) is 15.2. The van der Waals surface area contributed by atoms with Gasteiger partial charge >= 0.3 is 0 Å². The summed E-state index contributed by atoms with van der Waals surface area (Å²) in [5, 5.41) is 3.39. The molecule has 0 spiro atoms. The number of rotatable bonds is 7. The molecule has 1 aliphatic rings. The monoisotopic (exact) mass is 234 g/mol. The van der Waals surface area contributed by atoms with Crippen molar-refractivity contribution in [1.82, 2.24) is 10.3 Å². The highest BCUT2D eigenvalue weighted by atomic mass is 16.5. The van der Waals surface area contributed by atoms with Crippen LogP contribution in [0.3, 0.4) is 0 Å². The molecule has 2 rings (SSSR count). The minimum Gasteiger partial charge on any atom is -0.478 e. The van der Waals surface area contributed by atoms with Crippen LogP contribution >= 0.6 is 0 Å². The maximum atomic E-state index is 5.67. The highest BCUT2D eigenvalue weighted by Gasteiger charge is 2.20. The zero-order chi connectivity index (χ0) is 12.1. The van der Waals surface area contributed by atoms with Crippen molar-refractivity contribution in [3.05, 3.63) is 23.9 Å². The van der Waals surface area contributed by atoms with Crippen molar-refractivity contribution in [1.29, 1.82) is 0 Å². The molecule has 0 saturated heterocycles. The molecule has 3 nitrogen and oxygen atoms in total. The van der Waals surface area contributed by atoms with Gasteiger partial charge in [0.15, 0.2) is 0 Å². The fraction of sp³-hybridized carbons (Fsp3) is 0.643. The molecular weight excluding hydrogens is 212 g/mol. The molecular formula is C14H22N2O. The van der Waals surface area contributed by atoms with E-state index >= 15 is 0 Å². The standard InChI is InChI=1S/C14H22N2O/c1-11(2)16-10-13-5-7-15-14(9-13)17-8-6-12-3-4-12/h5,7,9,11-12,16H,3-4,6,8,10H2,1-2H3. The molecule has 0 aliphatic heterocycles. The molecule has 3 heteroatoms. The summed E-state index contributed by atoms with van der Waals surface area (Å²) < 4.78 is 5.67. The number of pyridine rings is 1. The minimum absolute atomic E-state index is 0.502. The fourth-order valence-corrected chi connectivity index (χ4v) is 1.70. The van der Waals surface area contributed by atoms with Crippen LogP contribution in [0.4, 0.5) is 0 Å². The fourth-order valence-electron chi connectivity index (χ4n) is 1.70. The molecule has 1 fully saturated rings. The van der Waals surface area contributed by atoms with Crippen LogP contribution < -0.4 is 10.1 Å². The van der Waals surface area contributed by atoms with Gasteiger partial charge in [-0.15, -0.1) is 0 Å². The molecule has 0 unspecified atom stereocenters. The lowest BCUT2D eigenvalue weighted by atomic mass is 10.2. The molecule has 1 aromatic heterocycles. The first-order chi connectivity index (χ1) is 8.24. The number of hydrogen-bond acceptors (Lipinski definition) is 3. The molecule has 94 valence electrons. The molecule has 0 aromatic carbocycles. The first-order valence-electron chi connectivity index (χ1n) is 6.55. The number of nitrogens with zero attached hydrogens (tertiary/aromatic N) is 1. The lowest BCUT2D eigenvalue weighted by molar-refractivity contribution is 0.291. The van der Waals surface area contributed by atoms with E-state index in [2.05, 4.69) is 24.1 Å². The van der Waals surface area contributed by atoms with Gasteiger partial charge in [-0.1, -0.05) is 26.7 Å². The number of hydrogen-bond donors (Lipinski definition) is 1. The average molecular weight is 234 g/mol. The summed E-state index contributed by atoms with van der Waals surface area (Å²) >= 11 is 0. The highest BCUT2D eigenvalue weighted by molar-refractivity contribution is 5.20. The Labute approximate surface area is 104 Å². The van der Waals surface area contributed by atoms with Gasteiger partial charge < -0.3 is 10.1 Å². The van der Waals surface area contributed by atoms with Crippen molar-refractivity contribution in [3.63, 3.8) is 0 Å². The van der Waals surface area contributed by atoms with E-state index in [-0.39, 0.29) is 0 Å². The van der Waals surface area contributed by atoms with E-state index in [9.17, 15) is 0 Å². The zero-order valence-electron chi connectivity index (χ0n) is 10.8. The van der Waals surface area contributed by atoms with Gasteiger partial charge in [-0.25, -0.2) is 4.98 Å². The lowest BCUT2D eigenvalue weighted by Crippen LogP contribution is -2.21. The van der Waals surface area contributed by atoms with Crippen molar-refractivity contribution in [2.75, 3.05) is 6.61 Å². The summed E-state index contributed by atoms with van der Waals surface area (Å²) in [6, 6.07) is 4.56. The molecule has 1 saturated carbocycles. The smallest absolute Gasteiger partial charge is 0.213 e. The van der Waals surface area contributed by atoms with Crippen LogP contribution in [-0.2, 0) is 6.54 Å². The molecule has 1 aliphatic carbocycles. The predicted octanol–water partition coefficient (Wildman–Crippen LogP) is 2.76. The average Bonchev–Trinajstić information content (AvgIpc) is 3.11. The third-order valence-corrected chi connectivity index (χ3v) is 2.99. The Balaban J connectivity index is 1.77. The summed E-state index contributed by atoms with van der Waals surface area (Å²) in [6.45, 7) is 5.97. The third-order valence-electron chi connectivity index (χ3n) is 2.99. The SMILES string of the molecule is CC(C)NCc1ccnc(OCCC2CC2)c1. The van der Waals surface area contributed by atoms with Gasteiger partial charge in [-0.05, 0) is 24.0 Å². The molecule has 1 heterocycles. The predicted molar refractivity (Wildman–Crippen MR) is 69.0 cm³/mol. The van der Waals surface area contributed by atoms with Crippen LogP contribution in [0.1, 0.15) is 38.7 Å². The van der Waals surface area contributed by atoms with Gasteiger partial charge in [0, 0.05) is 24.8 Å². The Bertz CT molecular complexity index is 348. The van der Waals surface area contributed by atoms with Crippen LogP contribution in [0.15, 0.2) is 18.3 Å². The second-order valence-corrected chi connectivity index (χ2v) is 5.12. The molecule has 0 atom stereocenters. The van der Waals surface area contributed by atoms with Crippen LogP contribution in [0.2, 0.25) is 0 Å². The highest BCUT2D eigenvalue weighted by Crippen LogP contribution is 2.32. The van der Waals surface area contributed by atoms with E-state index in [1.165, 1.54) is 24.8 Å². The number of aromatic nitrogens is 1. The largest absolute Gasteiger partial charge is 0.478 e. The van der Waals surface area contributed by atoms with Crippen molar-refractivity contribution in [2.24, 2.45) is 5.92 Å². The molecule has 0 bridgehead atoms. The van der Waals surface area contributed by atoms with Crippen LogP contribution in [0.5, 0.6) is 5.88 Å². The van der Waals surface area contributed by atoms with Gasteiger partial charge in [-0.2, -0.15) is 0 Å². The maximum absolute atomic E-state index is 5.67. The summed E-state index contributed by atoms with van der Waals surface area (Å²) in [7, 11) is 0. The van der Waals surface area contributed by atoms with Crippen molar-refractivity contribution >= 4 is 0 Å². The van der Waals surface area contributed by atoms with E-state index in [4.69, 9.17) is 4.74 Å². The van der Waals surface area contributed by atoms with Crippen molar-refractivity contribution in [3.8, 4) is 5.88 Å². The number of nitrogens with one attached hydrogen (secondary N) is 1. The summed E-state index contributed by atoms with van der Waals surface area (Å²) in [4.78, 5) is 4.23. The van der Waals surface area contributed by atoms with E-state index in [1.54, 1.807) is 0 Å². The Morgan fingerprint density at radius 2 is 2.29 bits per heavy atom. The second kappa shape index (κ2) is 6.01. The molecule has 0 radical (unpaired) electrons. The van der Waals surface area contributed by atoms with Crippen molar-refractivity contribution in [2.45, 2.75) is 45.7 Å². The van der Waals surface area contributed by atoms with Gasteiger partial charge in [0.05, 0.1) is 6.61 Å². The Morgan fingerprint density at radius 1 is 1.47 bits per heavy atom. The first kappa shape index (κ1) is 12.4. The lowest BCUT2D eigenvalue weighted by Gasteiger charge is -2.09. The summed E-state index contributed by atoms with van der Waals surface area (Å²) in [5.74, 6) is 1.68. The topological polar surface area (TPSA) is 34.2 Å². The second-order valence-electron chi connectivity index (χ2n) is 5.12. The Hall–Kier alpha value is -1.09. The first-order valence-corrected chi connectivity index (χ1v) is 6.55. The van der Waals surface area contributed by atoms with Crippen LogP contribution in [0.25, 0.3) is 0 Å².